The van der Waals surface area contributed by atoms with Crippen molar-refractivity contribution in [3.8, 4) is 0 Å². The van der Waals surface area contributed by atoms with Gasteiger partial charge in [0.2, 0.25) is 0 Å². The number of unbranched alkanes of at least 4 members (excludes halogenated alkanes) is 4. The summed E-state index contributed by atoms with van der Waals surface area (Å²) >= 11 is 0. The number of methoxy groups -OCH3 is 2. The summed E-state index contributed by atoms with van der Waals surface area (Å²) in [6.45, 7) is 5.05. The molecule has 0 N–H and O–H groups in total. The van der Waals surface area contributed by atoms with Crippen molar-refractivity contribution in [3.63, 3.8) is 0 Å². The minimum atomic E-state index is -0.760. The maximum atomic E-state index is 11.7. The minimum absolute atomic E-state index is 0.479. The number of ether oxygens (including phenoxy) is 2. The van der Waals surface area contributed by atoms with Gasteiger partial charge in [0, 0.05) is 0 Å². The molecule has 0 aromatic heterocycles. The molecule has 0 saturated heterocycles. The van der Waals surface area contributed by atoms with Gasteiger partial charge < -0.3 is 9.47 Å². The summed E-state index contributed by atoms with van der Waals surface area (Å²) in [4.78, 5) is 23.3. The fourth-order valence-electron chi connectivity index (χ4n) is 6.03. The lowest BCUT2D eigenvalue weighted by Gasteiger charge is -2.44. The van der Waals surface area contributed by atoms with Crippen LogP contribution in [0.25, 0.3) is 0 Å². The lowest BCUT2D eigenvalue weighted by Crippen LogP contribution is -2.36. The average molecular weight is 381 g/mol. The third-order valence-corrected chi connectivity index (χ3v) is 7.68. The van der Waals surface area contributed by atoms with Crippen LogP contribution in [-0.4, -0.2) is 26.2 Å². The van der Waals surface area contributed by atoms with Crippen molar-refractivity contribution in [2.75, 3.05) is 14.2 Å². The first-order chi connectivity index (χ1) is 12.9. The van der Waals surface area contributed by atoms with Gasteiger partial charge in [-0.05, 0) is 55.3 Å². The number of hydrogen-bond acceptors (Lipinski definition) is 4. The lowest BCUT2D eigenvalue weighted by atomic mass is 9.61. The molecule has 156 valence electrons. The summed E-state index contributed by atoms with van der Waals surface area (Å²) in [6, 6.07) is 0. The van der Waals surface area contributed by atoms with Gasteiger partial charge in [-0.25, -0.2) is 0 Å². The Morgan fingerprint density at radius 1 is 0.963 bits per heavy atom. The molecule has 0 amide bonds. The SMILES string of the molecule is COC(=O)C(CCCCCCCC1CC[C@H]2[C@@H](C)CCC[C@]12C)C(=O)OC. The zero-order chi connectivity index (χ0) is 19.9. The van der Waals surface area contributed by atoms with E-state index in [1.807, 2.05) is 0 Å². The van der Waals surface area contributed by atoms with Gasteiger partial charge in [-0.3, -0.25) is 9.59 Å². The van der Waals surface area contributed by atoms with Crippen LogP contribution < -0.4 is 0 Å². The Morgan fingerprint density at radius 2 is 1.59 bits per heavy atom. The molecule has 27 heavy (non-hydrogen) atoms. The van der Waals surface area contributed by atoms with Gasteiger partial charge in [0.15, 0.2) is 5.92 Å². The first-order valence-corrected chi connectivity index (χ1v) is 11.1. The van der Waals surface area contributed by atoms with E-state index < -0.39 is 17.9 Å². The maximum Gasteiger partial charge on any atom is 0.320 e. The first-order valence-electron chi connectivity index (χ1n) is 11.1. The molecule has 2 aliphatic carbocycles. The standard InChI is InChI=1S/C23H40O4/c1-17-11-10-16-23(2)18(14-15-20(17)23)12-8-6-5-7-9-13-19(21(24)26-3)22(25)27-4/h17-20H,5-16H2,1-4H3/t17-,18?,20-,23+/m0/s1. The first kappa shape index (κ1) is 22.2. The van der Waals surface area contributed by atoms with Crippen molar-refractivity contribution < 1.29 is 19.1 Å². The highest BCUT2D eigenvalue weighted by atomic mass is 16.5. The highest BCUT2D eigenvalue weighted by Gasteiger charge is 2.49. The minimum Gasteiger partial charge on any atom is -0.468 e. The van der Waals surface area contributed by atoms with Crippen LogP contribution in [-0.2, 0) is 19.1 Å². The number of fused-ring (bicyclic) bond motifs is 1. The highest BCUT2D eigenvalue weighted by molar-refractivity contribution is 5.94. The second-order valence-corrected chi connectivity index (χ2v) is 9.20. The summed E-state index contributed by atoms with van der Waals surface area (Å²) in [5.41, 5.74) is 0.603. The predicted octanol–water partition coefficient (Wildman–Crippen LogP) is 5.53. The highest BCUT2D eigenvalue weighted by Crippen LogP contribution is 2.58. The zero-order valence-corrected chi connectivity index (χ0v) is 17.9. The van der Waals surface area contributed by atoms with Crippen LogP contribution in [0.3, 0.4) is 0 Å². The summed E-state index contributed by atoms with van der Waals surface area (Å²) in [7, 11) is 2.64. The molecule has 4 nitrogen and oxygen atoms in total. The molecule has 2 fully saturated rings. The zero-order valence-electron chi connectivity index (χ0n) is 17.9. The van der Waals surface area contributed by atoms with E-state index in [2.05, 4.69) is 13.8 Å². The van der Waals surface area contributed by atoms with Crippen LogP contribution in [0, 0.1) is 29.1 Å². The Bertz CT molecular complexity index is 473. The summed E-state index contributed by atoms with van der Waals surface area (Å²) in [6.07, 6.45) is 14.8. The molecule has 2 aliphatic rings. The topological polar surface area (TPSA) is 52.6 Å². The molecule has 0 aromatic rings. The third kappa shape index (κ3) is 5.48. The lowest BCUT2D eigenvalue weighted by molar-refractivity contribution is -0.159. The molecule has 0 spiro atoms. The fraction of sp³-hybridized carbons (Fsp3) is 0.913. The maximum absolute atomic E-state index is 11.7. The Balaban J connectivity index is 1.62. The number of hydrogen-bond donors (Lipinski definition) is 0. The molecule has 4 heteroatoms. The molecule has 0 aliphatic heterocycles. The quantitative estimate of drug-likeness (QED) is 0.284. The van der Waals surface area contributed by atoms with Gasteiger partial charge in [0.05, 0.1) is 14.2 Å². The summed E-state index contributed by atoms with van der Waals surface area (Å²) in [5, 5.41) is 0. The van der Waals surface area contributed by atoms with E-state index in [4.69, 9.17) is 9.47 Å². The van der Waals surface area contributed by atoms with Crippen molar-refractivity contribution in [2.24, 2.45) is 29.1 Å². The molecule has 2 rings (SSSR count). The van der Waals surface area contributed by atoms with Crippen LogP contribution >= 0.6 is 0 Å². The van der Waals surface area contributed by atoms with Gasteiger partial charge >= 0.3 is 11.9 Å². The van der Waals surface area contributed by atoms with Crippen molar-refractivity contribution in [1.82, 2.24) is 0 Å². The van der Waals surface area contributed by atoms with E-state index in [1.165, 1.54) is 72.0 Å². The van der Waals surface area contributed by atoms with Gasteiger partial charge in [0.1, 0.15) is 0 Å². The van der Waals surface area contributed by atoms with Crippen molar-refractivity contribution >= 4 is 11.9 Å². The number of carbonyl (C=O) groups is 2. The van der Waals surface area contributed by atoms with E-state index in [9.17, 15) is 9.59 Å². The molecule has 1 unspecified atom stereocenters. The molecular formula is C23H40O4. The number of carbonyl (C=O) groups excluding carboxylic acids is 2. The Hall–Kier alpha value is -1.06. The number of esters is 2. The number of rotatable bonds is 10. The van der Waals surface area contributed by atoms with Gasteiger partial charge in [-0.15, -0.1) is 0 Å². The summed E-state index contributed by atoms with van der Waals surface area (Å²) < 4.78 is 9.42. The molecular weight excluding hydrogens is 340 g/mol. The molecule has 2 saturated carbocycles. The Labute approximate surface area is 165 Å². The van der Waals surface area contributed by atoms with Crippen molar-refractivity contribution in [1.29, 1.82) is 0 Å². The second-order valence-electron chi connectivity index (χ2n) is 9.20. The molecule has 0 heterocycles. The van der Waals surface area contributed by atoms with Crippen LogP contribution in [0.2, 0.25) is 0 Å². The Morgan fingerprint density at radius 3 is 2.26 bits per heavy atom. The van der Waals surface area contributed by atoms with Crippen LogP contribution in [0.5, 0.6) is 0 Å². The van der Waals surface area contributed by atoms with Crippen LogP contribution in [0.1, 0.15) is 90.9 Å². The van der Waals surface area contributed by atoms with Gasteiger partial charge in [0.25, 0.3) is 0 Å². The van der Waals surface area contributed by atoms with Crippen molar-refractivity contribution in [2.45, 2.75) is 90.9 Å². The van der Waals surface area contributed by atoms with Gasteiger partial charge in [-0.2, -0.15) is 0 Å². The van der Waals surface area contributed by atoms with Crippen LogP contribution in [0.4, 0.5) is 0 Å². The van der Waals surface area contributed by atoms with E-state index >= 15 is 0 Å². The Kier molecular flexibility index (Phi) is 8.62. The average Bonchev–Trinajstić information content (AvgIpc) is 3.00. The van der Waals surface area contributed by atoms with E-state index in [1.54, 1.807) is 0 Å². The third-order valence-electron chi connectivity index (χ3n) is 7.68. The molecule has 0 radical (unpaired) electrons. The normalized spacial score (nSPS) is 30.2. The smallest absolute Gasteiger partial charge is 0.320 e. The van der Waals surface area contributed by atoms with Crippen LogP contribution in [0.15, 0.2) is 0 Å². The monoisotopic (exact) mass is 380 g/mol. The fourth-order valence-corrected chi connectivity index (χ4v) is 6.03. The second kappa shape index (κ2) is 10.5. The van der Waals surface area contributed by atoms with E-state index in [-0.39, 0.29) is 0 Å². The molecule has 0 aromatic carbocycles. The molecule has 0 bridgehead atoms. The largest absolute Gasteiger partial charge is 0.468 e. The van der Waals surface area contributed by atoms with Crippen molar-refractivity contribution in [3.05, 3.63) is 0 Å². The van der Waals surface area contributed by atoms with Gasteiger partial charge in [-0.1, -0.05) is 58.8 Å². The summed E-state index contributed by atoms with van der Waals surface area (Å²) in [5.74, 6) is 1.09. The van der Waals surface area contributed by atoms with E-state index in [0.29, 0.717) is 11.8 Å². The van der Waals surface area contributed by atoms with E-state index in [0.717, 1.165) is 30.6 Å². The molecule has 4 atom stereocenters. The predicted molar refractivity (Wildman–Crippen MR) is 107 cm³/mol.